The molecule has 2 nitrogen and oxygen atoms in total. The van der Waals surface area contributed by atoms with Gasteiger partial charge in [0, 0.05) is 13.1 Å². The van der Waals surface area contributed by atoms with Crippen molar-refractivity contribution in [1.82, 2.24) is 10.6 Å². The smallest absolute Gasteiger partial charge is 0.00767 e. The molecule has 0 bridgehead atoms. The first-order valence-electron chi connectivity index (χ1n) is 7.33. The van der Waals surface area contributed by atoms with Crippen molar-refractivity contribution in [2.75, 3.05) is 26.2 Å². The molecule has 0 aromatic carbocycles. The standard InChI is InChI=1S/C15H34N2/c1-14(2)8-6-10-16-12-13-17-11-7-9-15(3,4)5/h14,16-17H,6-13H2,1-5H3. The number of rotatable bonds is 10. The van der Waals surface area contributed by atoms with Gasteiger partial charge in [-0.25, -0.2) is 0 Å². The molecule has 0 rings (SSSR count). The van der Waals surface area contributed by atoms with E-state index in [0.717, 1.165) is 25.6 Å². The molecule has 104 valence electrons. The quantitative estimate of drug-likeness (QED) is 0.574. The number of nitrogens with one attached hydrogen (secondary N) is 2. The molecule has 0 aliphatic carbocycles. The zero-order valence-corrected chi connectivity index (χ0v) is 12.7. The molecule has 2 heteroatoms. The summed E-state index contributed by atoms with van der Waals surface area (Å²) in [4.78, 5) is 0. The molecule has 0 aromatic rings. The Hall–Kier alpha value is -0.0800. The van der Waals surface area contributed by atoms with E-state index in [-0.39, 0.29) is 0 Å². The summed E-state index contributed by atoms with van der Waals surface area (Å²) in [7, 11) is 0. The number of hydrogen-bond acceptors (Lipinski definition) is 2. The van der Waals surface area contributed by atoms with E-state index in [1.165, 1.54) is 32.2 Å². The zero-order valence-electron chi connectivity index (χ0n) is 12.7. The third kappa shape index (κ3) is 15.9. The van der Waals surface area contributed by atoms with Gasteiger partial charge in [0.25, 0.3) is 0 Å². The van der Waals surface area contributed by atoms with E-state index in [1.807, 2.05) is 0 Å². The molecule has 0 atom stereocenters. The van der Waals surface area contributed by atoms with E-state index in [0.29, 0.717) is 5.41 Å². The van der Waals surface area contributed by atoms with Gasteiger partial charge in [-0.05, 0) is 50.1 Å². The summed E-state index contributed by atoms with van der Waals surface area (Å²) in [6.45, 7) is 16.0. The summed E-state index contributed by atoms with van der Waals surface area (Å²) in [6, 6.07) is 0. The lowest BCUT2D eigenvalue weighted by atomic mass is 9.91. The van der Waals surface area contributed by atoms with E-state index < -0.39 is 0 Å². The van der Waals surface area contributed by atoms with Gasteiger partial charge in [0.15, 0.2) is 0 Å². The largest absolute Gasteiger partial charge is 0.315 e. The van der Waals surface area contributed by atoms with Crippen LogP contribution in [0.5, 0.6) is 0 Å². The van der Waals surface area contributed by atoms with Gasteiger partial charge in [0.1, 0.15) is 0 Å². The minimum absolute atomic E-state index is 0.483. The maximum Gasteiger partial charge on any atom is 0.00767 e. The normalized spacial score (nSPS) is 12.4. The van der Waals surface area contributed by atoms with Crippen LogP contribution in [0.3, 0.4) is 0 Å². The highest BCUT2D eigenvalue weighted by atomic mass is 14.9. The third-order valence-corrected chi connectivity index (χ3v) is 2.89. The summed E-state index contributed by atoms with van der Waals surface area (Å²) in [5.41, 5.74) is 0.483. The second-order valence-corrected chi connectivity index (χ2v) is 6.70. The average molecular weight is 242 g/mol. The van der Waals surface area contributed by atoms with Crippen molar-refractivity contribution in [2.45, 2.75) is 60.3 Å². The molecule has 0 radical (unpaired) electrons. The van der Waals surface area contributed by atoms with Crippen LogP contribution in [-0.2, 0) is 0 Å². The Morgan fingerprint density at radius 1 is 0.824 bits per heavy atom. The van der Waals surface area contributed by atoms with Crippen molar-refractivity contribution in [2.24, 2.45) is 11.3 Å². The molecular weight excluding hydrogens is 208 g/mol. The summed E-state index contributed by atoms with van der Waals surface area (Å²) >= 11 is 0. The maximum atomic E-state index is 3.50. The van der Waals surface area contributed by atoms with Crippen LogP contribution in [0.2, 0.25) is 0 Å². The molecule has 0 aliphatic rings. The molecule has 0 heterocycles. The van der Waals surface area contributed by atoms with E-state index in [2.05, 4.69) is 45.3 Å². The van der Waals surface area contributed by atoms with Crippen molar-refractivity contribution in [3.8, 4) is 0 Å². The van der Waals surface area contributed by atoms with Gasteiger partial charge in [-0.3, -0.25) is 0 Å². The second kappa shape index (κ2) is 9.90. The van der Waals surface area contributed by atoms with Gasteiger partial charge < -0.3 is 10.6 Å². The first-order valence-corrected chi connectivity index (χ1v) is 7.33. The summed E-state index contributed by atoms with van der Waals surface area (Å²) in [6.07, 6.45) is 5.24. The molecule has 0 unspecified atom stereocenters. The Labute approximate surface area is 109 Å². The first-order chi connectivity index (χ1) is 7.92. The van der Waals surface area contributed by atoms with E-state index in [1.54, 1.807) is 0 Å². The lowest BCUT2D eigenvalue weighted by Gasteiger charge is -2.17. The fourth-order valence-corrected chi connectivity index (χ4v) is 1.81. The molecule has 2 N–H and O–H groups in total. The highest BCUT2D eigenvalue weighted by Gasteiger charge is 2.08. The fraction of sp³-hybridized carbons (Fsp3) is 1.00. The molecule has 0 saturated heterocycles. The van der Waals surface area contributed by atoms with Crippen LogP contribution < -0.4 is 10.6 Å². The van der Waals surface area contributed by atoms with Gasteiger partial charge in [-0.1, -0.05) is 34.6 Å². The summed E-state index contributed by atoms with van der Waals surface area (Å²) in [5.74, 6) is 0.840. The Bertz CT molecular complexity index is 159. The van der Waals surface area contributed by atoms with Crippen LogP contribution >= 0.6 is 0 Å². The van der Waals surface area contributed by atoms with Crippen molar-refractivity contribution < 1.29 is 0 Å². The molecule has 0 aliphatic heterocycles. The van der Waals surface area contributed by atoms with Crippen LogP contribution in [0.1, 0.15) is 60.3 Å². The highest BCUT2D eigenvalue weighted by molar-refractivity contribution is 4.62. The first kappa shape index (κ1) is 16.9. The van der Waals surface area contributed by atoms with Gasteiger partial charge in [-0.15, -0.1) is 0 Å². The molecular formula is C15H34N2. The molecule has 0 saturated carbocycles. The Balaban J connectivity index is 3.04. The van der Waals surface area contributed by atoms with Crippen molar-refractivity contribution >= 4 is 0 Å². The second-order valence-electron chi connectivity index (χ2n) is 6.70. The Morgan fingerprint density at radius 3 is 1.82 bits per heavy atom. The molecule has 0 spiro atoms. The summed E-state index contributed by atoms with van der Waals surface area (Å²) in [5, 5.41) is 6.98. The van der Waals surface area contributed by atoms with Gasteiger partial charge >= 0.3 is 0 Å². The zero-order chi connectivity index (χ0) is 13.1. The maximum absolute atomic E-state index is 3.50. The van der Waals surface area contributed by atoms with E-state index in [4.69, 9.17) is 0 Å². The lowest BCUT2D eigenvalue weighted by molar-refractivity contribution is 0.361. The molecule has 17 heavy (non-hydrogen) atoms. The van der Waals surface area contributed by atoms with Crippen LogP contribution in [0.15, 0.2) is 0 Å². The summed E-state index contributed by atoms with van der Waals surface area (Å²) < 4.78 is 0. The predicted molar refractivity (Wildman–Crippen MR) is 78.5 cm³/mol. The van der Waals surface area contributed by atoms with Crippen molar-refractivity contribution in [3.63, 3.8) is 0 Å². The number of hydrogen-bond donors (Lipinski definition) is 2. The average Bonchev–Trinajstić information content (AvgIpc) is 2.18. The van der Waals surface area contributed by atoms with Crippen LogP contribution in [0, 0.1) is 11.3 Å². The SMILES string of the molecule is CC(C)CCCNCCNCCCC(C)(C)C. The van der Waals surface area contributed by atoms with Gasteiger partial charge in [0.05, 0.1) is 0 Å². The Kier molecular flexibility index (Phi) is 9.85. The minimum atomic E-state index is 0.483. The third-order valence-electron chi connectivity index (χ3n) is 2.89. The Morgan fingerprint density at radius 2 is 1.35 bits per heavy atom. The molecule has 0 fully saturated rings. The monoisotopic (exact) mass is 242 g/mol. The van der Waals surface area contributed by atoms with Crippen molar-refractivity contribution in [1.29, 1.82) is 0 Å². The van der Waals surface area contributed by atoms with Gasteiger partial charge in [-0.2, -0.15) is 0 Å². The molecule has 0 aromatic heterocycles. The van der Waals surface area contributed by atoms with Crippen molar-refractivity contribution in [3.05, 3.63) is 0 Å². The highest BCUT2D eigenvalue weighted by Crippen LogP contribution is 2.19. The van der Waals surface area contributed by atoms with Gasteiger partial charge in [0.2, 0.25) is 0 Å². The fourth-order valence-electron chi connectivity index (χ4n) is 1.81. The van der Waals surface area contributed by atoms with Crippen LogP contribution in [-0.4, -0.2) is 26.2 Å². The minimum Gasteiger partial charge on any atom is -0.315 e. The van der Waals surface area contributed by atoms with E-state index >= 15 is 0 Å². The molecule has 0 amide bonds. The predicted octanol–water partition coefficient (Wildman–Crippen LogP) is 3.43. The van der Waals surface area contributed by atoms with Crippen LogP contribution in [0.25, 0.3) is 0 Å². The lowest BCUT2D eigenvalue weighted by Crippen LogP contribution is -2.29. The van der Waals surface area contributed by atoms with Crippen LogP contribution in [0.4, 0.5) is 0 Å². The van der Waals surface area contributed by atoms with E-state index in [9.17, 15) is 0 Å². The topological polar surface area (TPSA) is 24.1 Å².